The standard InChI is InChI=1S/C17H25N3O2S/c1-3-4-9-20(2)10-5-8-18-17(22)13-6-7-15-14(11-13)19-16(21)12-23-15/h6-7,11H,3-5,8-10,12H2,1-2H3,(H,18,22)(H,19,21). The van der Waals surface area contributed by atoms with Gasteiger partial charge in [0.05, 0.1) is 11.4 Å². The van der Waals surface area contributed by atoms with Crippen LogP contribution in [0.2, 0.25) is 0 Å². The predicted octanol–water partition coefficient (Wildman–Crippen LogP) is 2.58. The molecule has 5 nitrogen and oxygen atoms in total. The molecule has 23 heavy (non-hydrogen) atoms. The van der Waals surface area contributed by atoms with Gasteiger partial charge in [-0.3, -0.25) is 9.59 Å². The maximum atomic E-state index is 12.2. The SMILES string of the molecule is CCCCN(C)CCCNC(=O)c1ccc2c(c1)NC(=O)CS2. The molecule has 0 saturated heterocycles. The van der Waals surface area contributed by atoms with Crippen LogP contribution in [0, 0.1) is 0 Å². The highest BCUT2D eigenvalue weighted by Crippen LogP contribution is 2.31. The van der Waals surface area contributed by atoms with E-state index in [4.69, 9.17) is 0 Å². The Hall–Kier alpha value is -1.53. The number of hydrogen-bond acceptors (Lipinski definition) is 4. The number of carbonyl (C=O) groups excluding carboxylic acids is 2. The largest absolute Gasteiger partial charge is 0.352 e. The summed E-state index contributed by atoms with van der Waals surface area (Å²) in [6.45, 7) is 4.94. The highest BCUT2D eigenvalue weighted by molar-refractivity contribution is 8.00. The first-order valence-corrected chi connectivity index (χ1v) is 9.12. The van der Waals surface area contributed by atoms with Gasteiger partial charge in [-0.15, -0.1) is 11.8 Å². The summed E-state index contributed by atoms with van der Waals surface area (Å²) < 4.78 is 0. The van der Waals surface area contributed by atoms with Crippen LogP contribution in [0.15, 0.2) is 23.1 Å². The molecular formula is C17H25N3O2S. The molecule has 2 N–H and O–H groups in total. The second-order valence-electron chi connectivity index (χ2n) is 5.81. The number of rotatable bonds is 8. The maximum Gasteiger partial charge on any atom is 0.251 e. The van der Waals surface area contributed by atoms with Gasteiger partial charge in [0.25, 0.3) is 5.91 Å². The van der Waals surface area contributed by atoms with Gasteiger partial charge in [-0.2, -0.15) is 0 Å². The van der Waals surface area contributed by atoms with Gasteiger partial charge >= 0.3 is 0 Å². The molecule has 0 radical (unpaired) electrons. The van der Waals surface area contributed by atoms with Gasteiger partial charge in [-0.05, 0) is 51.2 Å². The average Bonchev–Trinajstić information content (AvgIpc) is 2.55. The highest BCUT2D eigenvalue weighted by Gasteiger charge is 2.17. The monoisotopic (exact) mass is 335 g/mol. The van der Waals surface area contributed by atoms with E-state index in [0.717, 1.165) is 30.1 Å². The van der Waals surface area contributed by atoms with Gasteiger partial charge in [-0.1, -0.05) is 13.3 Å². The molecule has 0 fully saturated rings. The van der Waals surface area contributed by atoms with E-state index in [2.05, 4.69) is 29.5 Å². The minimum absolute atomic E-state index is 0.0184. The van der Waals surface area contributed by atoms with Gasteiger partial charge in [0.1, 0.15) is 0 Å². The fraction of sp³-hybridized carbons (Fsp3) is 0.529. The third kappa shape index (κ3) is 5.55. The molecule has 0 bridgehead atoms. The average molecular weight is 335 g/mol. The lowest BCUT2D eigenvalue weighted by Crippen LogP contribution is -2.29. The number of benzene rings is 1. The van der Waals surface area contributed by atoms with Crippen molar-refractivity contribution < 1.29 is 9.59 Å². The number of carbonyl (C=O) groups is 2. The number of anilines is 1. The summed E-state index contributed by atoms with van der Waals surface area (Å²) in [5.74, 6) is 0.327. The van der Waals surface area contributed by atoms with Crippen LogP contribution in [-0.2, 0) is 4.79 Å². The smallest absolute Gasteiger partial charge is 0.251 e. The molecule has 1 aliphatic rings. The molecular weight excluding hydrogens is 310 g/mol. The molecule has 0 unspecified atom stereocenters. The Morgan fingerprint density at radius 3 is 2.91 bits per heavy atom. The number of thioether (sulfide) groups is 1. The zero-order valence-corrected chi connectivity index (χ0v) is 14.7. The van der Waals surface area contributed by atoms with Crippen molar-refractivity contribution in [3.8, 4) is 0 Å². The van der Waals surface area contributed by atoms with Crippen molar-refractivity contribution in [1.29, 1.82) is 0 Å². The van der Waals surface area contributed by atoms with E-state index >= 15 is 0 Å². The van der Waals surface area contributed by atoms with E-state index in [1.807, 2.05) is 12.1 Å². The summed E-state index contributed by atoms with van der Waals surface area (Å²) in [5, 5.41) is 5.75. The number of amides is 2. The molecule has 0 aliphatic carbocycles. The molecule has 126 valence electrons. The molecule has 2 amide bonds. The van der Waals surface area contributed by atoms with Crippen LogP contribution in [0.1, 0.15) is 36.5 Å². The molecule has 0 aromatic heterocycles. The minimum Gasteiger partial charge on any atom is -0.352 e. The fourth-order valence-electron chi connectivity index (χ4n) is 2.42. The Bertz CT molecular complexity index is 563. The lowest BCUT2D eigenvalue weighted by molar-refractivity contribution is -0.113. The molecule has 1 aromatic rings. The molecule has 2 rings (SSSR count). The lowest BCUT2D eigenvalue weighted by Gasteiger charge is -2.17. The molecule has 1 aromatic carbocycles. The van der Waals surface area contributed by atoms with E-state index in [0.29, 0.717) is 17.9 Å². The highest BCUT2D eigenvalue weighted by atomic mass is 32.2. The number of hydrogen-bond donors (Lipinski definition) is 2. The number of nitrogens with one attached hydrogen (secondary N) is 2. The Morgan fingerprint density at radius 1 is 1.35 bits per heavy atom. The quantitative estimate of drug-likeness (QED) is 0.717. The van der Waals surface area contributed by atoms with Crippen LogP contribution in [-0.4, -0.2) is 49.1 Å². The first-order valence-electron chi connectivity index (χ1n) is 8.13. The second-order valence-corrected chi connectivity index (χ2v) is 6.83. The molecule has 0 spiro atoms. The number of fused-ring (bicyclic) bond motifs is 1. The first-order chi connectivity index (χ1) is 11.1. The lowest BCUT2D eigenvalue weighted by atomic mass is 10.2. The van der Waals surface area contributed by atoms with Gasteiger partial charge < -0.3 is 15.5 Å². The van der Waals surface area contributed by atoms with Crippen molar-refractivity contribution in [1.82, 2.24) is 10.2 Å². The Balaban J connectivity index is 1.78. The summed E-state index contributed by atoms with van der Waals surface area (Å²) in [6, 6.07) is 5.46. The zero-order valence-electron chi connectivity index (χ0n) is 13.9. The van der Waals surface area contributed by atoms with Gasteiger partial charge in [0, 0.05) is 17.0 Å². The van der Waals surface area contributed by atoms with Crippen LogP contribution >= 0.6 is 11.8 Å². The predicted molar refractivity (Wildman–Crippen MR) is 95.2 cm³/mol. The third-order valence-corrected chi connectivity index (χ3v) is 4.84. The van der Waals surface area contributed by atoms with Crippen molar-refractivity contribution in [2.45, 2.75) is 31.1 Å². The van der Waals surface area contributed by atoms with E-state index in [1.165, 1.54) is 24.6 Å². The Morgan fingerprint density at radius 2 is 2.13 bits per heavy atom. The van der Waals surface area contributed by atoms with Crippen LogP contribution in [0.3, 0.4) is 0 Å². The molecule has 0 atom stereocenters. The topological polar surface area (TPSA) is 61.4 Å². The third-order valence-electron chi connectivity index (χ3n) is 3.77. The van der Waals surface area contributed by atoms with E-state index in [9.17, 15) is 9.59 Å². The van der Waals surface area contributed by atoms with Crippen molar-refractivity contribution >= 4 is 29.3 Å². The Labute approximate surface area is 142 Å². The summed E-state index contributed by atoms with van der Waals surface area (Å²) >= 11 is 1.50. The first kappa shape index (κ1) is 17.8. The Kier molecular flexibility index (Phi) is 6.92. The second kappa shape index (κ2) is 8.93. The molecule has 0 saturated carbocycles. The van der Waals surface area contributed by atoms with E-state index < -0.39 is 0 Å². The summed E-state index contributed by atoms with van der Waals surface area (Å²) in [4.78, 5) is 26.9. The molecule has 6 heteroatoms. The van der Waals surface area contributed by atoms with Crippen molar-refractivity contribution in [3.63, 3.8) is 0 Å². The van der Waals surface area contributed by atoms with Crippen molar-refractivity contribution in [3.05, 3.63) is 23.8 Å². The zero-order chi connectivity index (χ0) is 16.7. The van der Waals surface area contributed by atoms with Crippen molar-refractivity contribution in [2.75, 3.05) is 37.8 Å². The molecule has 1 aliphatic heterocycles. The summed E-state index contributed by atoms with van der Waals surface area (Å²) in [7, 11) is 2.11. The number of unbranched alkanes of at least 4 members (excludes halogenated alkanes) is 1. The number of nitrogens with zero attached hydrogens (tertiary/aromatic N) is 1. The van der Waals surface area contributed by atoms with Crippen LogP contribution in [0.4, 0.5) is 5.69 Å². The minimum atomic E-state index is -0.0890. The van der Waals surface area contributed by atoms with Gasteiger partial charge in [0.15, 0.2) is 0 Å². The summed E-state index contributed by atoms with van der Waals surface area (Å²) in [6.07, 6.45) is 3.35. The fourth-order valence-corrected chi connectivity index (χ4v) is 3.21. The van der Waals surface area contributed by atoms with Crippen LogP contribution < -0.4 is 10.6 Å². The summed E-state index contributed by atoms with van der Waals surface area (Å²) in [5.41, 5.74) is 1.32. The van der Waals surface area contributed by atoms with Crippen LogP contribution in [0.25, 0.3) is 0 Å². The van der Waals surface area contributed by atoms with E-state index in [1.54, 1.807) is 6.07 Å². The van der Waals surface area contributed by atoms with Crippen molar-refractivity contribution in [2.24, 2.45) is 0 Å². The molecule has 1 heterocycles. The van der Waals surface area contributed by atoms with E-state index in [-0.39, 0.29) is 11.8 Å². The maximum absolute atomic E-state index is 12.2. The van der Waals surface area contributed by atoms with Gasteiger partial charge in [-0.25, -0.2) is 0 Å². The van der Waals surface area contributed by atoms with Gasteiger partial charge in [0.2, 0.25) is 5.91 Å². The normalized spacial score (nSPS) is 13.6. The van der Waals surface area contributed by atoms with Crippen LogP contribution in [0.5, 0.6) is 0 Å².